The normalized spacial score (nSPS) is 27.4. The SMILES string of the molecule is O=C(c1cnc[nH]c1=O)N1CC[C@@](O)(CN2CCC(F)(F)CC2)C1. The number of H-pyrrole nitrogens is 1. The van der Waals surface area contributed by atoms with Gasteiger partial charge in [0.2, 0.25) is 0 Å². The van der Waals surface area contributed by atoms with E-state index in [4.69, 9.17) is 0 Å². The minimum absolute atomic E-state index is 0.0700. The highest BCUT2D eigenvalue weighted by Crippen LogP contribution is 2.30. The number of carbonyl (C=O) groups is 1. The second-order valence-electron chi connectivity index (χ2n) is 6.63. The maximum Gasteiger partial charge on any atom is 0.263 e. The van der Waals surface area contributed by atoms with Crippen molar-refractivity contribution in [3.8, 4) is 0 Å². The van der Waals surface area contributed by atoms with E-state index in [1.807, 2.05) is 4.90 Å². The fraction of sp³-hybridized carbons (Fsp3) is 0.667. The Hall–Kier alpha value is -1.87. The molecule has 2 N–H and O–H groups in total. The molecule has 0 aliphatic carbocycles. The lowest BCUT2D eigenvalue weighted by Gasteiger charge is -2.36. The van der Waals surface area contributed by atoms with Crippen molar-refractivity contribution < 1.29 is 18.7 Å². The molecule has 2 saturated heterocycles. The number of likely N-dealkylation sites (tertiary alicyclic amines) is 2. The Morgan fingerprint density at radius 1 is 1.29 bits per heavy atom. The number of aromatic nitrogens is 2. The van der Waals surface area contributed by atoms with Crippen molar-refractivity contribution in [2.24, 2.45) is 0 Å². The first-order valence-electron chi connectivity index (χ1n) is 7.93. The molecule has 2 aliphatic heterocycles. The number of alkyl halides is 2. The molecule has 9 heteroatoms. The highest BCUT2D eigenvalue weighted by Gasteiger charge is 2.42. The molecule has 0 aromatic carbocycles. The summed E-state index contributed by atoms with van der Waals surface area (Å²) in [5, 5.41) is 10.7. The first kappa shape index (κ1) is 17.0. The molecule has 7 nitrogen and oxygen atoms in total. The average molecular weight is 342 g/mol. The van der Waals surface area contributed by atoms with Crippen LogP contribution in [0, 0.1) is 0 Å². The molecule has 3 rings (SSSR count). The standard InChI is InChI=1S/C15H20F2N4O3/c16-15(17)2-4-20(5-3-15)8-14(24)1-6-21(9-14)13(23)11-7-18-10-19-12(11)22/h7,10,24H,1-6,8-9H2,(H,18,19,22)/t14-/m1/s1. The molecule has 1 atom stereocenters. The van der Waals surface area contributed by atoms with Crippen LogP contribution in [0.2, 0.25) is 0 Å². The predicted octanol–water partition coefficient (Wildman–Crippen LogP) is 0.0780. The Morgan fingerprint density at radius 2 is 2.00 bits per heavy atom. The molecule has 132 valence electrons. The molecule has 0 unspecified atom stereocenters. The van der Waals surface area contributed by atoms with Crippen LogP contribution in [0.25, 0.3) is 0 Å². The van der Waals surface area contributed by atoms with Crippen LogP contribution in [0.15, 0.2) is 17.3 Å². The van der Waals surface area contributed by atoms with Gasteiger partial charge in [-0.1, -0.05) is 0 Å². The van der Waals surface area contributed by atoms with Gasteiger partial charge in [-0.05, 0) is 6.42 Å². The summed E-state index contributed by atoms with van der Waals surface area (Å²) in [6, 6.07) is 0. The highest BCUT2D eigenvalue weighted by atomic mass is 19.3. The van der Waals surface area contributed by atoms with Crippen molar-refractivity contribution in [1.82, 2.24) is 19.8 Å². The van der Waals surface area contributed by atoms with Crippen LogP contribution < -0.4 is 5.56 Å². The number of hydrogen-bond donors (Lipinski definition) is 2. The Balaban J connectivity index is 1.61. The van der Waals surface area contributed by atoms with Crippen molar-refractivity contribution >= 4 is 5.91 Å². The van der Waals surface area contributed by atoms with E-state index < -0.39 is 23.0 Å². The number of rotatable bonds is 3. The number of piperidine rings is 1. The topological polar surface area (TPSA) is 89.5 Å². The second kappa shape index (κ2) is 6.21. The Labute approximate surface area is 137 Å². The van der Waals surface area contributed by atoms with Crippen LogP contribution in [-0.2, 0) is 0 Å². The summed E-state index contributed by atoms with van der Waals surface area (Å²) in [6.45, 7) is 1.09. The lowest BCUT2D eigenvalue weighted by atomic mass is 10.00. The number of β-amino-alcohol motifs (C(OH)–C–C–N with tert-alkyl or cyclic N) is 1. The van der Waals surface area contributed by atoms with Gasteiger partial charge in [0.15, 0.2) is 0 Å². The molecule has 2 aliphatic rings. The summed E-state index contributed by atoms with van der Waals surface area (Å²) < 4.78 is 26.4. The van der Waals surface area contributed by atoms with E-state index >= 15 is 0 Å². The van der Waals surface area contributed by atoms with E-state index in [1.165, 1.54) is 17.4 Å². The zero-order chi connectivity index (χ0) is 17.4. The number of carbonyl (C=O) groups excluding carboxylic acids is 1. The van der Waals surface area contributed by atoms with Gasteiger partial charge in [-0.3, -0.25) is 14.5 Å². The fourth-order valence-corrected chi connectivity index (χ4v) is 3.28. The first-order chi connectivity index (χ1) is 11.3. The Kier molecular flexibility index (Phi) is 4.39. The van der Waals surface area contributed by atoms with Gasteiger partial charge in [-0.15, -0.1) is 0 Å². The van der Waals surface area contributed by atoms with E-state index in [1.54, 1.807) is 0 Å². The van der Waals surface area contributed by atoms with Gasteiger partial charge < -0.3 is 15.0 Å². The first-order valence-corrected chi connectivity index (χ1v) is 7.93. The van der Waals surface area contributed by atoms with E-state index in [0.717, 1.165) is 0 Å². The van der Waals surface area contributed by atoms with Crippen LogP contribution in [-0.4, -0.2) is 75.0 Å². The van der Waals surface area contributed by atoms with E-state index in [9.17, 15) is 23.5 Å². The third kappa shape index (κ3) is 3.62. The van der Waals surface area contributed by atoms with Crippen molar-refractivity contribution in [3.63, 3.8) is 0 Å². The third-order valence-corrected chi connectivity index (χ3v) is 4.67. The summed E-state index contributed by atoms with van der Waals surface area (Å²) >= 11 is 0. The van der Waals surface area contributed by atoms with Crippen LogP contribution in [0.4, 0.5) is 8.78 Å². The molecular weight excluding hydrogens is 322 g/mol. The number of aromatic amines is 1. The summed E-state index contributed by atoms with van der Waals surface area (Å²) in [7, 11) is 0. The molecule has 0 saturated carbocycles. The van der Waals surface area contributed by atoms with Gasteiger partial charge in [-0.2, -0.15) is 0 Å². The van der Waals surface area contributed by atoms with Crippen LogP contribution in [0.5, 0.6) is 0 Å². The minimum atomic E-state index is -2.63. The van der Waals surface area contributed by atoms with E-state index in [-0.39, 0.29) is 44.6 Å². The maximum atomic E-state index is 13.2. The Morgan fingerprint density at radius 3 is 2.67 bits per heavy atom. The third-order valence-electron chi connectivity index (χ3n) is 4.67. The fourth-order valence-electron chi connectivity index (χ4n) is 3.28. The van der Waals surface area contributed by atoms with Crippen LogP contribution in [0.1, 0.15) is 29.6 Å². The van der Waals surface area contributed by atoms with Gasteiger partial charge >= 0.3 is 0 Å². The quantitative estimate of drug-likeness (QED) is 0.812. The highest BCUT2D eigenvalue weighted by molar-refractivity contribution is 5.93. The summed E-state index contributed by atoms with van der Waals surface area (Å²) in [4.78, 5) is 33.3. The number of hydrogen-bond acceptors (Lipinski definition) is 5. The minimum Gasteiger partial charge on any atom is -0.387 e. The maximum absolute atomic E-state index is 13.2. The molecule has 0 bridgehead atoms. The van der Waals surface area contributed by atoms with Gasteiger partial charge in [0.25, 0.3) is 17.4 Å². The predicted molar refractivity (Wildman–Crippen MR) is 80.9 cm³/mol. The van der Waals surface area contributed by atoms with Gasteiger partial charge in [0, 0.05) is 45.2 Å². The molecule has 1 aromatic rings. The van der Waals surface area contributed by atoms with Crippen molar-refractivity contribution in [2.45, 2.75) is 30.8 Å². The number of nitrogens with zero attached hydrogens (tertiary/aromatic N) is 3. The van der Waals surface area contributed by atoms with Crippen LogP contribution >= 0.6 is 0 Å². The lowest BCUT2D eigenvalue weighted by molar-refractivity contribution is -0.0720. The summed E-state index contributed by atoms with van der Waals surface area (Å²) in [6.07, 6.45) is 2.33. The summed E-state index contributed by atoms with van der Waals surface area (Å²) in [5.41, 5.74) is -1.74. The van der Waals surface area contributed by atoms with Crippen molar-refractivity contribution in [2.75, 3.05) is 32.7 Å². The molecular formula is C15H20F2N4O3. The van der Waals surface area contributed by atoms with Gasteiger partial charge in [0.1, 0.15) is 5.56 Å². The number of nitrogens with one attached hydrogen (secondary N) is 1. The van der Waals surface area contributed by atoms with Crippen molar-refractivity contribution in [3.05, 3.63) is 28.4 Å². The zero-order valence-electron chi connectivity index (χ0n) is 13.2. The average Bonchev–Trinajstić information content (AvgIpc) is 2.92. The number of amides is 1. The smallest absolute Gasteiger partial charge is 0.263 e. The Bertz CT molecular complexity index is 671. The van der Waals surface area contributed by atoms with E-state index in [2.05, 4.69) is 9.97 Å². The summed E-state index contributed by atoms with van der Waals surface area (Å²) in [5.74, 6) is -3.11. The molecule has 0 radical (unpaired) electrons. The molecule has 1 amide bonds. The number of aliphatic hydroxyl groups is 1. The monoisotopic (exact) mass is 342 g/mol. The molecule has 0 spiro atoms. The largest absolute Gasteiger partial charge is 0.387 e. The molecule has 3 heterocycles. The second-order valence-corrected chi connectivity index (χ2v) is 6.63. The zero-order valence-corrected chi connectivity index (χ0v) is 13.2. The van der Waals surface area contributed by atoms with E-state index in [0.29, 0.717) is 13.0 Å². The lowest BCUT2D eigenvalue weighted by Crippen LogP contribution is -2.49. The molecule has 1 aromatic heterocycles. The molecule has 2 fully saturated rings. The number of halogens is 2. The van der Waals surface area contributed by atoms with Gasteiger partial charge in [0.05, 0.1) is 18.5 Å². The van der Waals surface area contributed by atoms with Crippen molar-refractivity contribution in [1.29, 1.82) is 0 Å². The van der Waals surface area contributed by atoms with Gasteiger partial charge in [-0.25, -0.2) is 13.8 Å². The van der Waals surface area contributed by atoms with Crippen LogP contribution in [0.3, 0.4) is 0 Å². The molecule has 24 heavy (non-hydrogen) atoms.